The quantitative estimate of drug-likeness (QED) is 0.210. The summed E-state index contributed by atoms with van der Waals surface area (Å²) in [6.07, 6.45) is 7.75. The first-order valence-electron chi connectivity index (χ1n) is 10.3. The van der Waals surface area contributed by atoms with Crippen LogP contribution in [0, 0.1) is 5.82 Å². The second-order valence-corrected chi connectivity index (χ2v) is 7.63. The highest BCUT2D eigenvalue weighted by atomic mass is 19.1. The highest BCUT2D eigenvalue weighted by Crippen LogP contribution is 2.15. The predicted molar refractivity (Wildman–Crippen MR) is 124 cm³/mol. The van der Waals surface area contributed by atoms with Crippen LogP contribution in [0.3, 0.4) is 0 Å². The Hall–Kier alpha value is -3.26. The largest absolute Gasteiger partial charge is 0.289 e. The SMILES string of the molecule is C=C(C)c1ccc(CCCCc2ccc(C=CC(=O)c3ccc(F)cc3)cc2)cc1. The Labute approximate surface area is 178 Å². The molecule has 0 radical (unpaired) electrons. The van der Waals surface area contributed by atoms with Crippen LogP contribution in [0.4, 0.5) is 4.39 Å². The molecule has 0 amide bonds. The van der Waals surface area contributed by atoms with Gasteiger partial charge in [-0.05, 0) is 85.2 Å². The lowest BCUT2D eigenvalue weighted by atomic mass is 10.0. The van der Waals surface area contributed by atoms with Gasteiger partial charge in [0.25, 0.3) is 0 Å². The number of hydrogen-bond acceptors (Lipinski definition) is 1. The van der Waals surface area contributed by atoms with Crippen molar-refractivity contribution in [2.75, 3.05) is 0 Å². The normalized spacial score (nSPS) is 11.0. The molecule has 0 atom stereocenters. The summed E-state index contributed by atoms with van der Waals surface area (Å²) in [7, 11) is 0. The van der Waals surface area contributed by atoms with Gasteiger partial charge >= 0.3 is 0 Å². The van der Waals surface area contributed by atoms with E-state index in [0.29, 0.717) is 5.56 Å². The van der Waals surface area contributed by atoms with Gasteiger partial charge in [0.05, 0.1) is 0 Å². The van der Waals surface area contributed by atoms with Crippen molar-refractivity contribution in [3.05, 3.63) is 119 Å². The van der Waals surface area contributed by atoms with E-state index in [4.69, 9.17) is 0 Å². The van der Waals surface area contributed by atoms with Crippen molar-refractivity contribution >= 4 is 17.4 Å². The number of carbonyl (C=O) groups is 1. The van der Waals surface area contributed by atoms with Crippen LogP contribution in [-0.4, -0.2) is 5.78 Å². The molecule has 0 heterocycles. The second kappa shape index (κ2) is 10.5. The fourth-order valence-electron chi connectivity index (χ4n) is 3.29. The summed E-state index contributed by atoms with van der Waals surface area (Å²) < 4.78 is 12.9. The molecule has 0 spiro atoms. The van der Waals surface area contributed by atoms with Gasteiger partial charge < -0.3 is 0 Å². The molecule has 0 unspecified atom stereocenters. The minimum atomic E-state index is -0.341. The topological polar surface area (TPSA) is 17.1 Å². The van der Waals surface area contributed by atoms with Gasteiger partial charge in [-0.25, -0.2) is 4.39 Å². The molecule has 0 saturated carbocycles. The first-order valence-corrected chi connectivity index (χ1v) is 10.3. The summed E-state index contributed by atoms with van der Waals surface area (Å²) in [4.78, 5) is 12.1. The van der Waals surface area contributed by atoms with Crippen molar-refractivity contribution in [1.29, 1.82) is 0 Å². The van der Waals surface area contributed by atoms with Gasteiger partial charge in [0.1, 0.15) is 5.82 Å². The fraction of sp³-hybridized carbons (Fsp3) is 0.179. The first-order chi connectivity index (χ1) is 14.5. The molecule has 30 heavy (non-hydrogen) atoms. The third-order valence-corrected chi connectivity index (χ3v) is 5.16. The zero-order chi connectivity index (χ0) is 21.3. The Bertz CT molecular complexity index is 1010. The van der Waals surface area contributed by atoms with E-state index < -0.39 is 0 Å². The summed E-state index contributed by atoms with van der Waals surface area (Å²) >= 11 is 0. The molecule has 3 rings (SSSR count). The van der Waals surface area contributed by atoms with E-state index in [9.17, 15) is 9.18 Å². The Morgan fingerprint density at radius 2 is 1.30 bits per heavy atom. The maximum absolute atomic E-state index is 12.9. The average Bonchev–Trinajstić information content (AvgIpc) is 2.76. The van der Waals surface area contributed by atoms with Gasteiger partial charge in [-0.1, -0.05) is 66.8 Å². The lowest BCUT2D eigenvalue weighted by Crippen LogP contribution is -1.94. The smallest absolute Gasteiger partial charge is 0.185 e. The fourth-order valence-corrected chi connectivity index (χ4v) is 3.29. The zero-order valence-corrected chi connectivity index (χ0v) is 17.4. The number of allylic oxidation sites excluding steroid dienone is 2. The summed E-state index contributed by atoms with van der Waals surface area (Å²) in [6.45, 7) is 6.00. The van der Waals surface area contributed by atoms with E-state index in [1.165, 1.54) is 47.0 Å². The molecule has 0 aromatic heterocycles. The van der Waals surface area contributed by atoms with Crippen LogP contribution in [0.15, 0.2) is 85.5 Å². The molecule has 0 bridgehead atoms. The molecule has 1 nitrogen and oxygen atoms in total. The number of hydrogen-bond donors (Lipinski definition) is 0. The average molecular weight is 399 g/mol. The number of carbonyl (C=O) groups excluding carboxylic acids is 1. The van der Waals surface area contributed by atoms with Gasteiger partial charge in [-0.3, -0.25) is 4.79 Å². The van der Waals surface area contributed by atoms with E-state index in [-0.39, 0.29) is 11.6 Å². The molecule has 0 aliphatic rings. The van der Waals surface area contributed by atoms with E-state index in [1.807, 2.05) is 19.1 Å². The number of halogens is 1. The van der Waals surface area contributed by atoms with Crippen molar-refractivity contribution in [3.63, 3.8) is 0 Å². The van der Waals surface area contributed by atoms with Crippen molar-refractivity contribution in [2.45, 2.75) is 32.6 Å². The molecule has 3 aromatic carbocycles. The highest BCUT2D eigenvalue weighted by molar-refractivity contribution is 6.06. The molecule has 0 N–H and O–H groups in total. The maximum Gasteiger partial charge on any atom is 0.185 e. The van der Waals surface area contributed by atoms with Crippen molar-refractivity contribution in [1.82, 2.24) is 0 Å². The van der Waals surface area contributed by atoms with Crippen LogP contribution in [0.25, 0.3) is 11.6 Å². The van der Waals surface area contributed by atoms with Gasteiger partial charge in [0.2, 0.25) is 0 Å². The summed E-state index contributed by atoms with van der Waals surface area (Å²) in [5.74, 6) is -0.470. The lowest BCUT2D eigenvalue weighted by Gasteiger charge is -2.05. The molecule has 2 heteroatoms. The Morgan fingerprint density at radius 1 is 0.800 bits per heavy atom. The summed E-state index contributed by atoms with van der Waals surface area (Å²) in [6, 6.07) is 22.6. The minimum Gasteiger partial charge on any atom is -0.289 e. The Balaban J connectivity index is 1.44. The molecule has 0 fully saturated rings. The van der Waals surface area contributed by atoms with Crippen LogP contribution in [0.5, 0.6) is 0 Å². The second-order valence-electron chi connectivity index (χ2n) is 7.63. The van der Waals surface area contributed by atoms with E-state index in [2.05, 4.69) is 43.0 Å². The molecule has 152 valence electrons. The third kappa shape index (κ3) is 6.38. The van der Waals surface area contributed by atoms with Gasteiger partial charge in [-0.2, -0.15) is 0 Å². The Kier molecular flexibility index (Phi) is 7.51. The minimum absolute atomic E-state index is 0.129. The summed E-state index contributed by atoms with van der Waals surface area (Å²) in [5, 5.41) is 0. The number of unbranched alkanes of at least 4 members (excludes halogenated alkanes) is 1. The number of aryl methyl sites for hydroxylation is 2. The molecule has 0 saturated heterocycles. The Morgan fingerprint density at radius 3 is 1.83 bits per heavy atom. The maximum atomic E-state index is 12.9. The molecule has 0 aliphatic carbocycles. The van der Waals surface area contributed by atoms with Crippen LogP contribution in [0.2, 0.25) is 0 Å². The van der Waals surface area contributed by atoms with Crippen LogP contribution >= 0.6 is 0 Å². The van der Waals surface area contributed by atoms with E-state index in [0.717, 1.165) is 36.8 Å². The van der Waals surface area contributed by atoms with E-state index >= 15 is 0 Å². The van der Waals surface area contributed by atoms with Crippen molar-refractivity contribution in [2.24, 2.45) is 0 Å². The van der Waals surface area contributed by atoms with Crippen molar-refractivity contribution in [3.8, 4) is 0 Å². The van der Waals surface area contributed by atoms with Crippen LogP contribution < -0.4 is 0 Å². The van der Waals surface area contributed by atoms with E-state index in [1.54, 1.807) is 6.08 Å². The standard InChI is InChI=1S/C28H27FO/c1-21(2)25-14-11-23(12-15-25)6-4-3-5-22-7-9-24(10-8-22)13-20-28(30)26-16-18-27(29)19-17-26/h7-20H,1,3-6H2,2H3. The van der Waals surface area contributed by atoms with Crippen LogP contribution in [0.1, 0.15) is 52.4 Å². The highest BCUT2D eigenvalue weighted by Gasteiger charge is 2.02. The number of ketones is 1. The van der Waals surface area contributed by atoms with Gasteiger partial charge in [-0.15, -0.1) is 0 Å². The molecule has 0 aliphatic heterocycles. The van der Waals surface area contributed by atoms with Gasteiger partial charge in [0, 0.05) is 5.56 Å². The molecular weight excluding hydrogens is 371 g/mol. The molecular formula is C28H27FO. The van der Waals surface area contributed by atoms with Gasteiger partial charge in [0.15, 0.2) is 5.78 Å². The number of benzene rings is 3. The number of rotatable bonds is 9. The third-order valence-electron chi connectivity index (χ3n) is 5.16. The monoisotopic (exact) mass is 398 g/mol. The predicted octanol–water partition coefficient (Wildman–Crippen LogP) is 7.32. The van der Waals surface area contributed by atoms with Crippen molar-refractivity contribution < 1.29 is 9.18 Å². The zero-order valence-electron chi connectivity index (χ0n) is 17.4. The summed E-state index contributed by atoms with van der Waals surface area (Å²) in [5.41, 5.74) is 6.43. The van der Waals surface area contributed by atoms with Crippen LogP contribution in [-0.2, 0) is 12.8 Å². The molecule has 3 aromatic rings. The lowest BCUT2D eigenvalue weighted by molar-refractivity contribution is 0.104. The first kappa shape index (κ1) is 21.4.